The van der Waals surface area contributed by atoms with Crippen LogP contribution in [0.15, 0.2) is 63.4 Å². The lowest BCUT2D eigenvalue weighted by Crippen LogP contribution is -2.07. The number of benzene rings is 2. The molecule has 2 aromatic heterocycles. The number of nitrogens with zero attached hydrogens (tertiary/aromatic N) is 3. The summed E-state index contributed by atoms with van der Waals surface area (Å²) in [7, 11) is 1.58. The number of nitriles is 1. The molecule has 4 rings (SSSR count). The van der Waals surface area contributed by atoms with Crippen LogP contribution in [0, 0.1) is 11.3 Å². The number of rotatable bonds is 7. The zero-order chi connectivity index (χ0) is 21.6. The van der Waals surface area contributed by atoms with E-state index in [1.165, 1.54) is 29.2 Å². The first-order chi connectivity index (χ1) is 15.1. The van der Waals surface area contributed by atoms with E-state index in [4.69, 9.17) is 14.4 Å². The van der Waals surface area contributed by atoms with Gasteiger partial charge in [-0.05, 0) is 35.9 Å². The van der Waals surface area contributed by atoms with Crippen molar-refractivity contribution in [3.8, 4) is 11.8 Å². The number of amides is 1. The van der Waals surface area contributed by atoms with Crippen molar-refractivity contribution >= 4 is 51.2 Å². The lowest BCUT2D eigenvalue weighted by molar-refractivity contribution is -0.111. The summed E-state index contributed by atoms with van der Waals surface area (Å²) in [6.45, 7) is 0. The number of ether oxygens (including phenoxy) is 1. The highest BCUT2D eigenvalue weighted by Gasteiger charge is 2.09. The van der Waals surface area contributed by atoms with Gasteiger partial charge in [-0.1, -0.05) is 47.4 Å². The molecule has 0 aliphatic carbocycles. The highest BCUT2D eigenvalue weighted by molar-refractivity contribution is 8.00. The molecule has 0 bridgehead atoms. The molecular weight excluding hydrogens is 432 g/mol. The minimum Gasteiger partial charge on any atom is -0.493 e. The smallest absolute Gasteiger partial charge is 0.250 e. The first-order valence-corrected chi connectivity index (χ1v) is 11.0. The predicted molar refractivity (Wildman–Crippen MR) is 121 cm³/mol. The van der Waals surface area contributed by atoms with Gasteiger partial charge < -0.3 is 9.15 Å². The van der Waals surface area contributed by atoms with Crippen LogP contribution in [-0.4, -0.2) is 23.2 Å². The topological polar surface area (TPSA) is 101 Å². The van der Waals surface area contributed by atoms with Gasteiger partial charge >= 0.3 is 0 Å². The molecule has 4 aromatic rings. The van der Waals surface area contributed by atoms with Gasteiger partial charge in [-0.3, -0.25) is 10.1 Å². The number of methoxy groups -OCH3 is 1. The van der Waals surface area contributed by atoms with E-state index in [2.05, 4.69) is 21.6 Å². The Morgan fingerprint density at radius 3 is 2.90 bits per heavy atom. The molecule has 154 valence electrons. The first-order valence-electron chi connectivity index (χ1n) is 9.15. The molecule has 31 heavy (non-hydrogen) atoms. The normalized spacial score (nSPS) is 11.0. The fraction of sp³-hybridized carbons (Fsp3) is 0.0909. The van der Waals surface area contributed by atoms with Crippen LogP contribution in [0.25, 0.3) is 17.0 Å². The number of hydrogen-bond acceptors (Lipinski definition) is 8. The number of aromatic nitrogens is 2. The van der Waals surface area contributed by atoms with Crippen LogP contribution >= 0.6 is 23.1 Å². The number of carbonyl (C=O) groups excluding carboxylic acids is 1. The van der Waals surface area contributed by atoms with Crippen molar-refractivity contribution < 1.29 is 13.9 Å². The molecule has 0 radical (unpaired) electrons. The highest BCUT2D eigenvalue weighted by Crippen LogP contribution is 2.30. The summed E-state index contributed by atoms with van der Waals surface area (Å²) in [6.07, 6.45) is 2.98. The summed E-state index contributed by atoms with van der Waals surface area (Å²) in [5.74, 6) is 1.56. The van der Waals surface area contributed by atoms with E-state index in [0.29, 0.717) is 33.5 Å². The van der Waals surface area contributed by atoms with Gasteiger partial charge in [-0.25, -0.2) is 0 Å². The van der Waals surface area contributed by atoms with Gasteiger partial charge in [0.1, 0.15) is 5.76 Å². The monoisotopic (exact) mass is 448 g/mol. The van der Waals surface area contributed by atoms with Crippen LogP contribution in [0.5, 0.6) is 5.75 Å². The average molecular weight is 449 g/mol. The molecule has 0 unspecified atom stereocenters. The quantitative estimate of drug-likeness (QED) is 0.238. The fourth-order valence-corrected chi connectivity index (χ4v) is 4.45. The summed E-state index contributed by atoms with van der Waals surface area (Å²) in [6, 6.07) is 16.9. The number of furan rings is 1. The summed E-state index contributed by atoms with van der Waals surface area (Å²) in [4.78, 5) is 12.2. The van der Waals surface area contributed by atoms with Crippen molar-refractivity contribution in [3.63, 3.8) is 0 Å². The molecule has 9 heteroatoms. The SMILES string of the molecule is COc1cccc2cc(/C=C/C(=O)Nc3nnc(SCc4ccc(C#N)cc4)s3)oc12. The molecule has 1 amide bonds. The van der Waals surface area contributed by atoms with Crippen molar-refractivity contribution in [3.05, 3.63) is 71.5 Å². The van der Waals surface area contributed by atoms with Crippen molar-refractivity contribution in [1.29, 1.82) is 5.26 Å². The van der Waals surface area contributed by atoms with Crippen molar-refractivity contribution in [2.24, 2.45) is 0 Å². The largest absolute Gasteiger partial charge is 0.493 e. The standard InChI is InChI=1S/C22H16N4O3S2/c1-28-18-4-2-3-16-11-17(29-20(16)18)9-10-19(27)24-21-25-26-22(31-21)30-13-15-7-5-14(12-23)6-8-15/h2-11H,13H2,1H3,(H,24,25,27)/b10-9+. The zero-order valence-corrected chi connectivity index (χ0v) is 18.0. The molecule has 2 aromatic carbocycles. The molecule has 0 atom stereocenters. The Balaban J connectivity index is 1.34. The lowest BCUT2D eigenvalue weighted by Gasteiger charge is -1.98. The van der Waals surface area contributed by atoms with Crippen molar-refractivity contribution in [2.75, 3.05) is 12.4 Å². The minimum absolute atomic E-state index is 0.327. The predicted octanol–water partition coefficient (Wildman–Crippen LogP) is 5.11. The van der Waals surface area contributed by atoms with E-state index in [1.807, 2.05) is 36.4 Å². The maximum Gasteiger partial charge on any atom is 0.250 e. The Labute approximate surface area is 186 Å². The summed E-state index contributed by atoms with van der Waals surface area (Å²) in [5.41, 5.74) is 2.35. The molecule has 0 aliphatic rings. The minimum atomic E-state index is -0.327. The fourth-order valence-electron chi connectivity index (χ4n) is 2.74. The molecular formula is C22H16N4O3S2. The zero-order valence-electron chi connectivity index (χ0n) is 16.4. The van der Waals surface area contributed by atoms with Gasteiger partial charge in [-0.15, -0.1) is 10.2 Å². The van der Waals surface area contributed by atoms with E-state index in [9.17, 15) is 4.79 Å². The molecule has 1 N–H and O–H groups in total. The van der Waals surface area contributed by atoms with E-state index in [-0.39, 0.29) is 5.91 Å². The highest BCUT2D eigenvalue weighted by atomic mass is 32.2. The number of carbonyl (C=O) groups is 1. The van der Waals surface area contributed by atoms with Crippen LogP contribution in [-0.2, 0) is 10.5 Å². The van der Waals surface area contributed by atoms with Gasteiger partial charge in [0.05, 0.1) is 18.7 Å². The van der Waals surface area contributed by atoms with Gasteiger partial charge in [0.2, 0.25) is 11.0 Å². The average Bonchev–Trinajstić information content (AvgIpc) is 3.42. The maximum atomic E-state index is 12.2. The molecule has 0 aliphatic heterocycles. The van der Waals surface area contributed by atoms with E-state index in [0.717, 1.165) is 15.3 Å². The third-order valence-corrected chi connectivity index (χ3v) is 6.27. The Kier molecular flexibility index (Phi) is 6.31. The van der Waals surface area contributed by atoms with Crippen molar-refractivity contribution in [1.82, 2.24) is 10.2 Å². The van der Waals surface area contributed by atoms with Crippen LogP contribution in [0.1, 0.15) is 16.9 Å². The molecule has 7 nitrogen and oxygen atoms in total. The van der Waals surface area contributed by atoms with Crippen LogP contribution < -0.4 is 10.1 Å². The molecule has 2 heterocycles. The number of para-hydroxylation sites is 1. The Hall–Kier alpha value is -3.61. The number of nitrogens with one attached hydrogen (secondary N) is 1. The second kappa shape index (κ2) is 9.47. The molecule has 0 saturated carbocycles. The maximum absolute atomic E-state index is 12.2. The lowest BCUT2D eigenvalue weighted by atomic mass is 10.2. The Bertz CT molecular complexity index is 1290. The number of fused-ring (bicyclic) bond motifs is 1. The summed E-state index contributed by atoms with van der Waals surface area (Å²) in [5, 5.41) is 21.0. The van der Waals surface area contributed by atoms with E-state index in [1.54, 1.807) is 25.3 Å². The molecule has 0 saturated heterocycles. The van der Waals surface area contributed by atoms with E-state index >= 15 is 0 Å². The third-order valence-electron chi connectivity index (χ3n) is 4.23. The van der Waals surface area contributed by atoms with Gasteiger partial charge in [-0.2, -0.15) is 5.26 Å². The summed E-state index contributed by atoms with van der Waals surface area (Å²) >= 11 is 2.82. The Morgan fingerprint density at radius 2 is 2.13 bits per heavy atom. The number of hydrogen-bond donors (Lipinski definition) is 1. The number of thioether (sulfide) groups is 1. The summed E-state index contributed by atoms with van der Waals surface area (Å²) < 4.78 is 11.8. The van der Waals surface area contributed by atoms with Gasteiger partial charge in [0, 0.05) is 17.2 Å². The molecule has 0 fully saturated rings. The first kappa shape index (κ1) is 20.7. The van der Waals surface area contributed by atoms with E-state index < -0.39 is 0 Å². The third kappa shape index (κ3) is 5.12. The second-order valence-corrected chi connectivity index (χ2v) is 8.52. The Morgan fingerprint density at radius 1 is 1.29 bits per heavy atom. The molecule has 0 spiro atoms. The van der Waals surface area contributed by atoms with Crippen LogP contribution in [0.3, 0.4) is 0 Å². The van der Waals surface area contributed by atoms with Gasteiger partial charge in [0.15, 0.2) is 15.7 Å². The van der Waals surface area contributed by atoms with Gasteiger partial charge in [0.25, 0.3) is 0 Å². The van der Waals surface area contributed by atoms with Crippen LogP contribution in [0.4, 0.5) is 5.13 Å². The second-order valence-electron chi connectivity index (χ2n) is 6.32. The van der Waals surface area contributed by atoms with Crippen molar-refractivity contribution in [2.45, 2.75) is 10.1 Å². The van der Waals surface area contributed by atoms with Crippen LogP contribution in [0.2, 0.25) is 0 Å². The number of anilines is 1.